The fourth-order valence-corrected chi connectivity index (χ4v) is 18.0. The summed E-state index contributed by atoms with van der Waals surface area (Å²) in [7, 11) is 0. The maximum Gasteiger partial charge on any atom is 0.164 e. The van der Waals surface area contributed by atoms with Crippen LogP contribution in [0.2, 0.25) is 0 Å². The van der Waals surface area contributed by atoms with Gasteiger partial charge in [-0.2, -0.15) is 0 Å². The van der Waals surface area contributed by atoms with E-state index in [1.165, 1.54) is 110 Å². The number of para-hydroxylation sites is 4. The van der Waals surface area contributed by atoms with Crippen LogP contribution in [0.15, 0.2) is 449 Å². The van der Waals surface area contributed by atoms with Crippen LogP contribution in [0.1, 0.15) is 0 Å². The maximum absolute atomic E-state index is 5.04. The molecule has 24 aromatic rings. The van der Waals surface area contributed by atoms with Gasteiger partial charge in [0.2, 0.25) is 0 Å². The van der Waals surface area contributed by atoms with Gasteiger partial charge in [0.15, 0.2) is 34.9 Å². The van der Waals surface area contributed by atoms with Gasteiger partial charge < -0.3 is 18.3 Å². The normalized spacial score (nSPS) is 11.5. The summed E-state index contributed by atoms with van der Waals surface area (Å²) < 4.78 is 9.48. The lowest BCUT2D eigenvalue weighted by Crippen LogP contribution is -2.01. The van der Waals surface area contributed by atoms with E-state index in [0.29, 0.717) is 34.9 Å². The van der Waals surface area contributed by atoms with E-state index in [1.54, 1.807) is 0 Å². The SMILES string of the molecule is c1ccc(-c2ccc(-n3c4ccccc4c4cc(-c5ccc6c(c5)c5ccccc5n6-c5cccc(-c6nc(-c7ccccc7)nc(-c7ccccc7)n6)c5)ccc43)cc2)cc1.c1ccc(-c2ccc3c(c2)c2cc(-c4ccc5c(c4)c4ccccc4n5-c4cccc(-c5nc(-c6ccccc6)nc(-c6ccccc6)n5)c4)ccc2n3-c2ccccc2)cc1. The van der Waals surface area contributed by atoms with Gasteiger partial charge >= 0.3 is 0 Å². The van der Waals surface area contributed by atoms with Gasteiger partial charge in [0.25, 0.3) is 0 Å². The number of aromatic nitrogens is 10. The number of fused-ring (bicyclic) bond motifs is 12. The Morgan fingerprint density at radius 1 is 0.113 bits per heavy atom. The van der Waals surface area contributed by atoms with E-state index in [1.807, 2.05) is 121 Å². The molecule has 0 aliphatic heterocycles. The van der Waals surface area contributed by atoms with Crippen LogP contribution in [0.3, 0.4) is 0 Å². The molecule has 0 bridgehead atoms. The minimum Gasteiger partial charge on any atom is -0.309 e. The molecule has 0 radical (unpaired) electrons. The molecule has 10 nitrogen and oxygen atoms in total. The fourth-order valence-electron chi connectivity index (χ4n) is 18.0. The summed E-state index contributed by atoms with van der Waals surface area (Å²) >= 11 is 0. The van der Waals surface area contributed by atoms with Crippen LogP contribution < -0.4 is 0 Å². The molecular formula is C114H74N10. The summed E-state index contributed by atoms with van der Waals surface area (Å²) in [5.41, 5.74) is 28.8. The van der Waals surface area contributed by atoms with Crippen molar-refractivity contribution in [3.63, 3.8) is 0 Å². The molecule has 0 amide bonds. The Bertz CT molecular complexity index is 8070. The van der Waals surface area contributed by atoms with Crippen LogP contribution in [0.4, 0.5) is 0 Å². The molecule has 0 N–H and O–H groups in total. The lowest BCUT2D eigenvalue weighted by atomic mass is 9.99. The van der Waals surface area contributed by atoms with Gasteiger partial charge in [-0.15, -0.1) is 0 Å². The van der Waals surface area contributed by atoms with Gasteiger partial charge in [-0.1, -0.05) is 322 Å². The highest BCUT2D eigenvalue weighted by Gasteiger charge is 2.23. The molecule has 0 saturated heterocycles. The highest BCUT2D eigenvalue weighted by Crippen LogP contribution is 2.44. The summed E-state index contributed by atoms with van der Waals surface area (Å²) in [6.45, 7) is 0. The Hall–Kier alpha value is -16.8. The lowest BCUT2D eigenvalue weighted by Gasteiger charge is -2.12. The predicted molar refractivity (Wildman–Crippen MR) is 511 cm³/mol. The number of nitrogens with zero attached hydrogens (tertiary/aromatic N) is 10. The molecule has 24 rings (SSSR count). The third-order valence-electron chi connectivity index (χ3n) is 23.9. The Balaban J connectivity index is 0.000000143. The minimum absolute atomic E-state index is 0.627. The van der Waals surface area contributed by atoms with Crippen molar-refractivity contribution in [2.45, 2.75) is 0 Å². The molecular weight excluding hydrogens is 1510 g/mol. The number of hydrogen-bond donors (Lipinski definition) is 0. The molecule has 0 unspecified atom stereocenters. The predicted octanol–water partition coefficient (Wildman–Crippen LogP) is 28.8. The van der Waals surface area contributed by atoms with E-state index >= 15 is 0 Å². The molecule has 0 fully saturated rings. The summed E-state index contributed by atoms with van der Waals surface area (Å²) in [4.78, 5) is 30.0. The van der Waals surface area contributed by atoms with Crippen LogP contribution >= 0.6 is 0 Å². The van der Waals surface area contributed by atoms with Crippen molar-refractivity contribution < 1.29 is 0 Å². The molecule has 0 aliphatic rings. The summed E-state index contributed by atoms with van der Waals surface area (Å²) in [5.74, 6) is 3.83. The van der Waals surface area contributed by atoms with E-state index in [-0.39, 0.29) is 0 Å². The molecule has 6 aromatic heterocycles. The lowest BCUT2D eigenvalue weighted by molar-refractivity contribution is 1.07. The topological polar surface area (TPSA) is 97.1 Å². The second-order valence-corrected chi connectivity index (χ2v) is 31.3. The van der Waals surface area contributed by atoms with Crippen molar-refractivity contribution >= 4 is 87.2 Å². The van der Waals surface area contributed by atoms with Crippen LogP contribution in [0.25, 0.3) is 223 Å². The third-order valence-corrected chi connectivity index (χ3v) is 23.9. The van der Waals surface area contributed by atoms with Crippen molar-refractivity contribution in [3.05, 3.63) is 449 Å². The van der Waals surface area contributed by atoms with E-state index in [2.05, 4.69) is 346 Å². The van der Waals surface area contributed by atoms with Crippen molar-refractivity contribution in [1.82, 2.24) is 48.2 Å². The quantitative estimate of drug-likeness (QED) is 0.108. The van der Waals surface area contributed by atoms with Gasteiger partial charge in [-0.25, -0.2) is 29.9 Å². The molecule has 0 aliphatic carbocycles. The average Bonchev–Trinajstić information content (AvgIpc) is 1.59. The molecule has 10 heteroatoms. The molecule has 6 heterocycles. The minimum atomic E-state index is 0.627. The highest BCUT2D eigenvalue weighted by molar-refractivity contribution is 6.15. The van der Waals surface area contributed by atoms with E-state index in [9.17, 15) is 0 Å². The van der Waals surface area contributed by atoms with Crippen molar-refractivity contribution in [2.75, 3.05) is 0 Å². The first-order valence-corrected chi connectivity index (χ1v) is 41.9. The zero-order valence-electron chi connectivity index (χ0n) is 67.2. The average molecular weight is 1580 g/mol. The molecule has 0 atom stereocenters. The highest BCUT2D eigenvalue weighted by atomic mass is 15.1. The van der Waals surface area contributed by atoms with Crippen LogP contribution in [0, 0.1) is 0 Å². The monoisotopic (exact) mass is 1580 g/mol. The molecule has 0 saturated carbocycles. The van der Waals surface area contributed by atoms with Gasteiger partial charge in [0.1, 0.15) is 0 Å². The van der Waals surface area contributed by atoms with Gasteiger partial charge in [0, 0.05) is 99.2 Å². The van der Waals surface area contributed by atoms with Crippen molar-refractivity contribution in [2.24, 2.45) is 0 Å². The van der Waals surface area contributed by atoms with Crippen LogP contribution in [-0.2, 0) is 0 Å². The second-order valence-electron chi connectivity index (χ2n) is 31.3. The van der Waals surface area contributed by atoms with E-state index < -0.39 is 0 Å². The molecule has 580 valence electrons. The molecule has 124 heavy (non-hydrogen) atoms. The third kappa shape index (κ3) is 13.1. The first-order chi connectivity index (χ1) is 61.5. The van der Waals surface area contributed by atoms with E-state index in [4.69, 9.17) is 29.9 Å². The number of rotatable bonds is 14. The van der Waals surface area contributed by atoms with Crippen LogP contribution in [0.5, 0.6) is 0 Å². The summed E-state index contributed by atoms with van der Waals surface area (Å²) in [5, 5.41) is 9.71. The summed E-state index contributed by atoms with van der Waals surface area (Å²) in [6.07, 6.45) is 0. The van der Waals surface area contributed by atoms with Crippen molar-refractivity contribution in [3.8, 4) is 136 Å². The zero-order valence-corrected chi connectivity index (χ0v) is 67.2. The maximum atomic E-state index is 5.04. The van der Waals surface area contributed by atoms with Crippen molar-refractivity contribution in [1.29, 1.82) is 0 Å². The largest absolute Gasteiger partial charge is 0.309 e. The smallest absolute Gasteiger partial charge is 0.164 e. The second kappa shape index (κ2) is 30.8. The number of benzene rings is 18. The molecule has 0 spiro atoms. The zero-order chi connectivity index (χ0) is 82.0. The summed E-state index contributed by atoms with van der Waals surface area (Å²) in [6, 6.07) is 159. The van der Waals surface area contributed by atoms with Gasteiger partial charge in [0.05, 0.1) is 44.1 Å². The Kier molecular flexibility index (Phi) is 18.0. The Morgan fingerprint density at radius 2 is 0.306 bits per heavy atom. The first-order valence-electron chi connectivity index (χ1n) is 41.9. The number of hydrogen-bond acceptors (Lipinski definition) is 6. The Labute approximate surface area is 715 Å². The fraction of sp³-hybridized carbons (Fsp3) is 0. The Morgan fingerprint density at radius 3 is 0.621 bits per heavy atom. The van der Waals surface area contributed by atoms with Gasteiger partial charge in [-0.3, -0.25) is 0 Å². The first kappa shape index (κ1) is 72.4. The standard InChI is InChI=1S/2C57H37N5/c1-5-16-38(17-6-1)41-28-31-53-49(35-41)50-37-43(30-33-54(50)61(53)45-23-11-4-12-24-45)42-29-32-52-48(36-42)47-26-13-14-27-51(47)62(52)46-25-15-22-44(34-46)57-59-55(39-18-7-2-8-19-39)58-56(60-57)40-20-9-3-10-21-40;1-4-15-38(16-5-1)39-27-31-45(32-28-39)61-51-25-12-10-23-47(51)49-36-42(29-33-53(49)61)43-30-34-54-50(37-43)48-24-11-13-26-52(48)62(54)46-22-14-21-44(35-46)57-59-55(40-17-6-2-7-18-40)58-56(60-57)41-19-8-3-9-20-41/h2*1-37H. The van der Waals surface area contributed by atoms with E-state index in [0.717, 1.165) is 78.2 Å². The van der Waals surface area contributed by atoms with Crippen LogP contribution in [-0.4, -0.2) is 48.2 Å². The molecule has 18 aromatic carbocycles. The van der Waals surface area contributed by atoms with Gasteiger partial charge in [-0.05, 0) is 172 Å².